The molecule has 0 heterocycles. The van der Waals surface area contributed by atoms with Gasteiger partial charge in [-0.3, -0.25) is 0 Å². The molecule has 1 nitrogen and oxygen atoms in total. The van der Waals surface area contributed by atoms with E-state index in [2.05, 4.69) is 0 Å². The monoisotopic (exact) mass is 280 g/mol. The molecule has 4 heteroatoms. The Morgan fingerprint density at radius 3 is 2.05 bits per heavy atom. The van der Waals surface area contributed by atoms with Crippen molar-refractivity contribution in [2.45, 2.75) is 25.4 Å². The average Bonchev–Trinajstić information content (AvgIpc) is 2.39. The average molecular weight is 280 g/mol. The van der Waals surface area contributed by atoms with Crippen LogP contribution in [0.5, 0.6) is 0 Å². The van der Waals surface area contributed by atoms with E-state index in [1.165, 1.54) is 0 Å². The number of aliphatic hydroxyl groups excluding tert-OH is 1. The van der Waals surface area contributed by atoms with Gasteiger partial charge in [-0.2, -0.15) is 0 Å². The number of halogens is 3. The minimum atomic E-state index is -1.36. The molecule has 2 rings (SSSR count). The van der Waals surface area contributed by atoms with Crippen LogP contribution >= 0.6 is 0 Å². The molecule has 20 heavy (non-hydrogen) atoms. The van der Waals surface area contributed by atoms with Gasteiger partial charge in [0.15, 0.2) is 0 Å². The second-order valence-electron chi connectivity index (χ2n) is 4.65. The molecule has 2 aromatic rings. The van der Waals surface area contributed by atoms with Gasteiger partial charge in [0.25, 0.3) is 0 Å². The first-order chi connectivity index (χ1) is 9.54. The summed E-state index contributed by atoms with van der Waals surface area (Å²) in [6.45, 7) is 1.82. The lowest BCUT2D eigenvalue weighted by atomic mass is 9.87. The SMILES string of the molecule is CCC(c1ccccc1)C(O)c1c(F)cc(F)cc1F. The molecule has 2 atom stereocenters. The van der Waals surface area contributed by atoms with Crippen LogP contribution in [0.15, 0.2) is 42.5 Å². The van der Waals surface area contributed by atoms with Gasteiger partial charge in [-0.05, 0) is 12.0 Å². The fourth-order valence-corrected chi connectivity index (χ4v) is 2.38. The smallest absolute Gasteiger partial charge is 0.134 e. The Balaban J connectivity index is 2.42. The highest BCUT2D eigenvalue weighted by molar-refractivity contribution is 5.29. The summed E-state index contributed by atoms with van der Waals surface area (Å²) in [5, 5.41) is 10.3. The van der Waals surface area contributed by atoms with Crippen LogP contribution in [0.25, 0.3) is 0 Å². The van der Waals surface area contributed by atoms with Gasteiger partial charge < -0.3 is 5.11 Å². The third kappa shape index (κ3) is 2.85. The predicted octanol–water partition coefficient (Wildman–Crippen LogP) is 4.33. The Hall–Kier alpha value is -1.81. The Labute approximate surface area is 115 Å². The predicted molar refractivity (Wildman–Crippen MR) is 70.7 cm³/mol. The highest BCUT2D eigenvalue weighted by Gasteiger charge is 2.27. The molecule has 0 aliphatic heterocycles. The fourth-order valence-electron chi connectivity index (χ4n) is 2.38. The lowest BCUT2D eigenvalue weighted by Crippen LogP contribution is -2.14. The summed E-state index contributed by atoms with van der Waals surface area (Å²) in [5.74, 6) is -3.58. The molecule has 0 aliphatic rings. The molecule has 2 unspecified atom stereocenters. The second kappa shape index (κ2) is 6.09. The van der Waals surface area contributed by atoms with Gasteiger partial charge >= 0.3 is 0 Å². The van der Waals surface area contributed by atoms with Gasteiger partial charge in [0.2, 0.25) is 0 Å². The van der Waals surface area contributed by atoms with E-state index >= 15 is 0 Å². The third-order valence-electron chi connectivity index (χ3n) is 3.39. The lowest BCUT2D eigenvalue weighted by molar-refractivity contribution is 0.133. The second-order valence-corrected chi connectivity index (χ2v) is 4.65. The van der Waals surface area contributed by atoms with Crippen LogP contribution in [0.2, 0.25) is 0 Å². The van der Waals surface area contributed by atoms with Crippen LogP contribution in [-0.2, 0) is 0 Å². The molecule has 0 saturated heterocycles. The summed E-state index contributed by atoms with van der Waals surface area (Å²) in [6, 6.07) is 10.2. The molecule has 0 amide bonds. The van der Waals surface area contributed by atoms with E-state index in [-0.39, 0.29) is 0 Å². The van der Waals surface area contributed by atoms with Gasteiger partial charge in [0.1, 0.15) is 17.5 Å². The van der Waals surface area contributed by atoms with Crippen LogP contribution in [0, 0.1) is 17.5 Å². The summed E-state index contributed by atoms with van der Waals surface area (Å²) in [5.41, 5.74) is 0.299. The Bertz CT molecular complexity index is 561. The van der Waals surface area contributed by atoms with E-state index in [1.54, 1.807) is 24.3 Å². The standard InChI is InChI=1S/C16H15F3O/c1-2-12(10-6-4-3-5-7-10)16(20)15-13(18)8-11(17)9-14(15)19/h3-9,12,16,20H,2H2,1H3. The number of benzene rings is 2. The molecular weight excluding hydrogens is 265 g/mol. The van der Waals surface area contributed by atoms with Crippen molar-refractivity contribution >= 4 is 0 Å². The van der Waals surface area contributed by atoms with Gasteiger partial charge in [-0.15, -0.1) is 0 Å². The Morgan fingerprint density at radius 1 is 1.00 bits per heavy atom. The maximum Gasteiger partial charge on any atom is 0.134 e. The van der Waals surface area contributed by atoms with Gasteiger partial charge in [-0.1, -0.05) is 37.3 Å². The van der Waals surface area contributed by atoms with Crippen molar-refractivity contribution in [1.82, 2.24) is 0 Å². The zero-order valence-corrected chi connectivity index (χ0v) is 11.0. The summed E-state index contributed by atoms with van der Waals surface area (Å²) < 4.78 is 40.4. The number of rotatable bonds is 4. The van der Waals surface area contributed by atoms with E-state index in [0.29, 0.717) is 18.6 Å². The number of hydrogen-bond donors (Lipinski definition) is 1. The van der Waals surface area contributed by atoms with Crippen molar-refractivity contribution in [3.8, 4) is 0 Å². The third-order valence-corrected chi connectivity index (χ3v) is 3.39. The quantitative estimate of drug-likeness (QED) is 0.883. The number of hydrogen-bond acceptors (Lipinski definition) is 1. The molecule has 0 aliphatic carbocycles. The molecule has 0 bridgehead atoms. The highest BCUT2D eigenvalue weighted by atomic mass is 19.1. The van der Waals surface area contributed by atoms with Crippen molar-refractivity contribution < 1.29 is 18.3 Å². The van der Waals surface area contributed by atoms with Crippen LogP contribution in [0.3, 0.4) is 0 Å². The van der Waals surface area contributed by atoms with Crippen LogP contribution in [0.4, 0.5) is 13.2 Å². The van der Waals surface area contributed by atoms with E-state index in [1.807, 2.05) is 13.0 Å². The molecule has 106 valence electrons. The first-order valence-electron chi connectivity index (χ1n) is 6.42. The normalized spacial score (nSPS) is 14.1. The Morgan fingerprint density at radius 2 is 1.55 bits per heavy atom. The largest absolute Gasteiger partial charge is 0.388 e. The van der Waals surface area contributed by atoms with Gasteiger partial charge in [0, 0.05) is 18.1 Å². The minimum absolute atomic E-state index is 0.453. The molecular formula is C16H15F3O. The Kier molecular flexibility index (Phi) is 4.45. The van der Waals surface area contributed by atoms with Gasteiger partial charge in [-0.25, -0.2) is 13.2 Å². The first kappa shape index (κ1) is 14.6. The van der Waals surface area contributed by atoms with Crippen LogP contribution in [-0.4, -0.2) is 5.11 Å². The molecule has 0 aromatic heterocycles. The molecule has 2 aromatic carbocycles. The van der Waals surface area contributed by atoms with E-state index in [4.69, 9.17) is 0 Å². The summed E-state index contributed by atoms with van der Waals surface area (Å²) >= 11 is 0. The summed E-state index contributed by atoms with van der Waals surface area (Å²) in [7, 11) is 0. The number of aliphatic hydroxyl groups is 1. The molecule has 0 saturated carbocycles. The van der Waals surface area contributed by atoms with E-state index in [0.717, 1.165) is 5.56 Å². The van der Waals surface area contributed by atoms with Crippen LogP contribution < -0.4 is 0 Å². The zero-order chi connectivity index (χ0) is 14.7. The topological polar surface area (TPSA) is 20.2 Å². The molecule has 1 N–H and O–H groups in total. The highest BCUT2D eigenvalue weighted by Crippen LogP contribution is 2.36. The summed E-state index contributed by atoms with van der Waals surface area (Å²) in [6.07, 6.45) is -0.857. The van der Waals surface area contributed by atoms with Crippen molar-refractivity contribution in [2.75, 3.05) is 0 Å². The lowest BCUT2D eigenvalue weighted by Gasteiger charge is -2.23. The fraction of sp³-hybridized carbons (Fsp3) is 0.250. The van der Waals surface area contributed by atoms with E-state index in [9.17, 15) is 18.3 Å². The molecule has 0 radical (unpaired) electrons. The minimum Gasteiger partial charge on any atom is -0.388 e. The summed E-state index contributed by atoms with van der Waals surface area (Å²) in [4.78, 5) is 0. The molecule has 0 fully saturated rings. The first-order valence-corrected chi connectivity index (χ1v) is 6.42. The maximum atomic E-state index is 13.7. The van der Waals surface area contributed by atoms with E-state index < -0.39 is 35.0 Å². The van der Waals surface area contributed by atoms with Gasteiger partial charge in [0.05, 0.1) is 11.7 Å². The molecule has 0 spiro atoms. The zero-order valence-electron chi connectivity index (χ0n) is 11.0. The maximum absolute atomic E-state index is 13.7. The van der Waals surface area contributed by atoms with Crippen molar-refractivity contribution in [3.05, 3.63) is 71.0 Å². The van der Waals surface area contributed by atoms with Crippen molar-refractivity contribution in [2.24, 2.45) is 0 Å². The van der Waals surface area contributed by atoms with Crippen molar-refractivity contribution in [1.29, 1.82) is 0 Å². The van der Waals surface area contributed by atoms with Crippen LogP contribution in [0.1, 0.15) is 36.5 Å². The van der Waals surface area contributed by atoms with Crippen molar-refractivity contribution in [3.63, 3.8) is 0 Å².